The van der Waals surface area contributed by atoms with E-state index in [1.54, 1.807) is 0 Å². The maximum atomic E-state index is 13.0. The van der Waals surface area contributed by atoms with E-state index in [-0.39, 0.29) is 4.47 Å². The fraction of sp³-hybridized carbons (Fsp3) is 0.333. The second-order valence-corrected chi connectivity index (χ2v) is 3.87. The maximum Gasteiger partial charge on any atom is 0.309 e. The van der Waals surface area contributed by atoms with Crippen molar-refractivity contribution in [1.82, 2.24) is 4.98 Å². The van der Waals surface area contributed by atoms with Gasteiger partial charge in [0.1, 0.15) is 6.42 Å². The van der Waals surface area contributed by atoms with Gasteiger partial charge >= 0.3 is 5.97 Å². The largest absolute Gasteiger partial charge is 0.481 e. The van der Waals surface area contributed by atoms with Gasteiger partial charge in [0, 0.05) is 6.20 Å². The number of carboxylic acids is 1. The average Bonchev–Trinajstić information content (AvgIpc) is 2.32. The first-order valence-electron chi connectivity index (χ1n) is 3.13. The summed E-state index contributed by atoms with van der Waals surface area (Å²) >= 11 is 5.91. The van der Waals surface area contributed by atoms with Crippen LogP contribution in [0.2, 0.25) is 4.47 Å². The minimum atomic E-state index is -3.39. The molecule has 0 atom stereocenters. The predicted molar refractivity (Wildman–Crippen MR) is 43.3 cm³/mol. The van der Waals surface area contributed by atoms with Crippen molar-refractivity contribution in [3.05, 3.63) is 15.5 Å². The topological polar surface area (TPSA) is 50.2 Å². The summed E-state index contributed by atoms with van der Waals surface area (Å²) in [6.45, 7) is 0. The quantitative estimate of drug-likeness (QED) is 0.863. The molecule has 3 nitrogen and oxygen atoms in total. The Kier molecular flexibility index (Phi) is 2.82. The van der Waals surface area contributed by atoms with Gasteiger partial charge in [0.2, 0.25) is 0 Å². The van der Waals surface area contributed by atoms with Crippen molar-refractivity contribution in [2.24, 2.45) is 0 Å². The fourth-order valence-electron chi connectivity index (χ4n) is 0.699. The van der Waals surface area contributed by atoms with Crippen LogP contribution in [0, 0.1) is 0 Å². The number of hydrogen-bond acceptors (Lipinski definition) is 3. The second kappa shape index (κ2) is 3.55. The smallest absolute Gasteiger partial charge is 0.309 e. The van der Waals surface area contributed by atoms with Gasteiger partial charge in [-0.2, -0.15) is 8.78 Å². The molecular formula is C6H4ClF2NO2S. The first-order valence-corrected chi connectivity index (χ1v) is 4.32. The standard InChI is InChI=1S/C6H4ClF2NO2S/c7-5-10-2-3(13-5)6(8,9)1-4(11)12/h2H,1H2,(H,11,12). The van der Waals surface area contributed by atoms with Crippen molar-refractivity contribution >= 4 is 28.9 Å². The lowest BCUT2D eigenvalue weighted by atomic mass is 10.2. The van der Waals surface area contributed by atoms with Gasteiger partial charge < -0.3 is 5.11 Å². The normalized spacial score (nSPS) is 11.6. The molecule has 0 bridgehead atoms. The molecule has 0 aliphatic heterocycles. The molecular weight excluding hydrogens is 224 g/mol. The summed E-state index contributed by atoms with van der Waals surface area (Å²) in [5.41, 5.74) is 0. The highest BCUT2D eigenvalue weighted by Gasteiger charge is 2.36. The van der Waals surface area contributed by atoms with Crippen LogP contribution in [0.1, 0.15) is 11.3 Å². The van der Waals surface area contributed by atoms with E-state index in [0.717, 1.165) is 6.20 Å². The number of thiazole rings is 1. The molecule has 0 unspecified atom stereocenters. The lowest BCUT2D eigenvalue weighted by Crippen LogP contribution is -2.16. The predicted octanol–water partition coefficient (Wildman–Crippen LogP) is 2.36. The number of alkyl halides is 2. The summed E-state index contributed by atoms with van der Waals surface area (Å²) in [5, 5.41) is 8.19. The van der Waals surface area contributed by atoms with Crippen LogP contribution < -0.4 is 0 Å². The highest BCUT2D eigenvalue weighted by atomic mass is 35.5. The zero-order chi connectivity index (χ0) is 10.1. The molecule has 1 rings (SSSR count). The van der Waals surface area contributed by atoms with E-state index in [2.05, 4.69) is 4.98 Å². The third kappa shape index (κ3) is 2.60. The number of nitrogens with zero attached hydrogens (tertiary/aromatic N) is 1. The Bertz CT molecular complexity index is 328. The zero-order valence-corrected chi connectivity index (χ0v) is 7.70. The Morgan fingerprint density at radius 2 is 2.38 bits per heavy atom. The molecule has 0 aliphatic rings. The van der Waals surface area contributed by atoms with Crippen LogP contribution in [0.3, 0.4) is 0 Å². The maximum absolute atomic E-state index is 13.0. The Hall–Kier alpha value is -0.750. The molecule has 0 spiro atoms. The van der Waals surface area contributed by atoms with Crippen LogP contribution in [0.15, 0.2) is 6.20 Å². The Balaban J connectivity index is 2.86. The first-order chi connectivity index (χ1) is 5.92. The molecule has 1 aromatic heterocycles. The molecule has 1 heterocycles. The Labute approximate surface area is 81.0 Å². The number of aromatic nitrogens is 1. The van der Waals surface area contributed by atoms with Gasteiger partial charge in [-0.05, 0) is 0 Å². The van der Waals surface area contributed by atoms with Gasteiger partial charge in [-0.15, -0.1) is 11.3 Å². The lowest BCUT2D eigenvalue weighted by Gasteiger charge is -2.09. The molecule has 1 N–H and O–H groups in total. The van der Waals surface area contributed by atoms with Gasteiger partial charge in [-0.3, -0.25) is 4.79 Å². The van der Waals surface area contributed by atoms with Crippen molar-refractivity contribution in [1.29, 1.82) is 0 Å². The molecule has 0 aliphatic carbocycles. The molecule has 0 amide bonds. The molecule has 13 heavy (non-hydrogen) atoms. The zero-order valence-electron chi connectivity index (χ0n) is 6.13. The van der Waals surface area contributed by atoms with Gasteiger partial charge in [0.15, 0.2) is 4.47 Å². The van der Waals surface area contributed by atoms with Crippen LogP contribution in [0.5, 0.6) is 0 Å². The van der Waals surface area contributed by atoms with Crippen LogP contribution >= 0.6 is 22.9 Å². The summed E-state index contributed by atoms with van der Waals surface area (Å²) in [5.74, 6) is -4.95. The van der Waals surface area contributed by atoms with Crippen molar-refractivity contribution in [2.75, 3.05) is 0 Å². The minimum absolute atomic E-state index is 0.0277. The summed E-state index contributed by atoms with van der Waals surface area (Å²) < 4.78 is 25.9. The Morgan fingerprint density at radius 3 is 2.77 bits per heavy atom. The summed E-state index contributed by atoms with van der Waals surface area (Å²) in [4.78, 5) is 13.0. The van der Waals surface area contributed by atoms with E-state index in [4.69, 9.17) is 16.7 Å². The van der Waals surface area contributed by atoms with E-state index < -0.39 is 23.2 Å². The van der Waals surface area contributed by atoms with E-state index in [9.17, 15) is 13.6 Å². The molecule has 0 fully saturated rings. The van der Waals surface area contributed by atoms with Gasteiger partial charge in [0.25, 0.3) is 5.92 Å². The van der Waals surface area contributed by atoms with Crippen LogP contribution in [0.25, 0.3) is 0 Å². The summed E-state index contributed by atoms with van der Waals surface area (Å²) in [6, 6.07) is 0. The van der Waals surface area contributed by atoms with Crippen LogP contribution in [0.4, 0.5) is 8.78 Å². The number of hydrogen-bond donors (Lipinski definition) is 1. The second-order valence-electron chi connectivity index (χ2n) is 2.25. The van der Waals surface area contributed by atoms with E-state index >= 15 is 0 Å². The van der Waals surface area contributed by atoms with Gasteiger partial charge in [-0.1, -0.05) is 11.6 Å². The fourth-order valence-corrected chi connectivity index (χ4v) is 1.61. The molecule has 72 valence electrons. The molecule has 0 radical (unpaired) electrons. The molecule has 0 aromatic carbocycles. The van der Waals surface area contributed by atoms with Gasteiger partial charge in [-0.25, -0.2) is 4.98 Å². The van der Waals surface area contributed by atoms with Crippen LogP contribution in [-0.2, 0) is 10.7 Å². The molecule has 1 aromatic rings. The minimum Gasteiger partial charge on any atom is -0.481 e. The highest BCUT2D eigenvalue weighted by Crippen LogP contribution is 2.36. The summed E-state index contributed by atoms with van der Waals surface area (Å²) in [7, 11) is 0. The van der Waals surface area contributed by atoms with Crippen molar-refractivity contribution in [3.63, 3.8) is 0 Å². The monoisotopic (exact) mass is 227 g/mol. The Morgan fingerprint density at radius 1 is 1.77 bits per heavy atom. The molecule has 0 saturated heterocycles. The van der Waals surface area contributed by atoms with Crippen molar-refractivity contribution < 1.29 is 18.7 Å². The van der Waals surface area contributed by atoms with E-state index in [1.165, 1.54) is 0 Å². The number of rotatable bonds is 3. The van der Waals surface area contributed by atoms with Crippen LogP contribution in [-0.4, -0.2) is 16.1 Å². The molecule has 7 heteroatoms. The number of carboxylic acid groups (broad SMARTS) is 1. The van der Waals surface area contributed by atoms with Crippen molar-refractivity contribution in [3.8, 4) is 0 Å². The van der Waals surface area contributed by atoms with Gasteiger partial charge in [0.05, 0.1) is 4.88 Å². The van der Waals surface area contributed by atoms with Crippen molar-refractivity contribution in [2.45, 2.75) is 12.3 Å². The average molecular weight is 228 g/mol. The molecule has 0 saturated carbocycles. The number of halogens is 3. The number of aliphatic carboxylic acids is 1. The lowest BCUT2D eigenvalue weighted by molar-refractivity contribution is -0.145. The summed E-state index contributed by atoms with van der Waals surface area (Å²) in [6.07, 6.45) is -0.360. The third-order valence-electron chi connectivity index (χ3n) is 1.21. The highest BCUT2D eigenvalue weighted by molar-refractivity contribution is 7.15. The SMILES string of the molecule is O=C(O)CC(F)(F)c1cnc(Cl)s1. The van der Waals surface area contributed by atoms with E-state index in [1.807, 2.05) is 0 Å². The third-order valence-corrected chi connectivity index (χ3v) is 2.44. The number of carbonyl (C=O) groups is 1. The first kappa shape index (κ1) is 10.3. The van der Waals surface area contributed by atoms with E-state index in [0.29, 0.717) is 11.3 Å².